The minimum absolute atomic E-state index is 0.453. The molecule has 3 rings (SSSR count). The van der Waals surface area contributed by atoms with Crippen molar-refractivity contribution in [3.8, 4) is 0 Å². The number of rotatable bonds is 3. The van der Waals surface area contributed by atoms with E-state index < -0.39 is 5.54 Å². The normalized spacial score (nSPS) is 30.3. The van der Waals surface area contributed by atoms with Crippen molar-refractivity contribution in [1.82, 2.24) is 10.1 Å². The van der Waals surface area contributed by atoms with Crippen molar-refractivity contribution in [1.29, 1.82) is 0 Å². The SMILES string of the molecule is CCC1CCCC(c2noc(C3(N)CCOCC3)n2)C1. The minimum Gasteiger partial charge on any atom is -0.381 e. The molecule has 0 spiro atoms. The first kappa shape index (κ1) is 14.0. The number of hydrogen-bond acceptors (Lipinski definition) is 5. The highest BCUT2D eigenvalue weighted by Gasteiger charge is 2.37. The molecule has 1 saturated heterocycles. The van der Waals surface area contributed by atoms with E-state index in [0.29, 0.717) is 25.0 Å². The zero-order valence-corrected chi connectivity index (χ0v) is 12.3. The highest BCUT2D eigenvalue weighted by molar-refractivity contribution is 5.06. The lowest BCUT2D eigenvalue weighted by Crippen LogP contribution is -2.42. The number of nitrogens with zero attached hydrogens (tertiary/aromatic N) is 2. The van der Waals surface area contributed by atoms with Crippen LogP contribution in [-0.2, 0) is 10.3 Å². The second-order valence-electron chi connectivity index (χ2n) is 6.36. The molecule has 1 aliphatic carbocycles. The van der Waals surface area contributed by atoms with Crippen LogP contribution in [0, 0.1) is 5.92 Å². The zero-order valence-electron chi connectivity index (χ0n) is 12.3. The van der Waals surface area contributed by atoms with Gasteiger partial charge in [-0.05, 0) is 31.6 Å². The molecule has 112 valence electrons. The molecule has 2 aliphatic rings. The third kappa shape index (κ3) is 2.74. The molecule has 2 atom stereocenters. The van der Waals surface area contributed by atoms with Crippen LogP contribution < -0.4 is 5.73 Å². The Hall–Kier alpha value is -0.940. The predicted octanol–water partition coefficient (Wildman–Crippen LogP) is 2.72. The zero-order chi connectivity index (χ0) is 14.0. The monoisotopic (exact) mass is 279 g/mol. The molecular formula is C15H25N3O2. The van der Waals surface area contributed by atoms with Crippen LogP contribution in [0.1, 0.15) is 69.5 Å². The van der Waals surface area contributed by atoms with Gasteiger partial charge in [-0.1, -0.05) is 31.3 Å². The van der Waals surface area contributed by atoms with Gasteiger partial charge in [0.05, 0.1) is 0 Å². The van der Waals surface area contributed by atoms with Gasteiger partial charge in [0.15, 0.2) is 5.82 Å². The summed E-state index contributed by atoms with van der Waals surface area (Å²) in [5.74, 6) is 2.74. The average molecular weight is 279 g/mol. The van der Waals surface area contributed by atoms with Crippen molar-refractivity contribution >= 4 is 0 Å². The van der Waals surface area contributed by atoms with Crippen molar-refractivity contribution in [3.63, 3.8) is 0 Å². The molecule has 1 aliphatic heterocycles. The summed E-state index contributed by atoms with van der Waals surface area (Å²) in [5.41, 5.74) is 5.92. The molecule has 2 unspecified atom stereocenters. The maximum Gasteiger partial charge on any atom is 0.246 e. The van der Waals surface area contributed by atoms with Gasteiger partial charge >= 0.3 is 0 Å². The number of ether oxygens (including phenoxy) is 1. The first-order valence-electron chi connectivity index (χ1n) is 7.92. The quantitative estimate of drug-likeness (QED) is 0.920. The summed E-state index contributed by atoms with van der Waals surface area (Å²) in [7, 11) is 0. The van der Waals surface area contributed by atoms with E-state index in [1.54, 1.807) is 0 Å². The van der Waals surface area contributed by atoms with Crippen molar-refractivity contribution in [2.75, 3.05) is 13.2 Å². The number of nitrogens with two attached hydrogens (primary N) is 1. The third-order valence-electron chi connectivity index (χ3n) is 4.98. The molecule has 1 saturated carbocycles. The minimum atomic E-state index is -0.484. The predicted molar refractivity (Wildman–Crippen MR) is 75.2 cm³/mol. The molecule has 1 aromatic rings. The van der Waals surface area contributed by atoms with E-state index in [1.807, 2.05) is 0 Å². The molecule has 2 fully saturated rings. The second-order valence-corrected chi connectivity index (χ2v) is 6.36. The van der Waals surface area contributed by atoms with Gasteiger partial charge in [-0.3, -0.25) is 0 Å². The van der Waals surface area contributed by atoms with Crippen LogP contribution >= 0.6 is 0 Å². The van der Waals surface area contributed by atoms with Crippen LogP contribution in [0.4, 0.5) is 0 Å². The fraction of sp³-hybridized carbons (Fsp3) is 0.867. The molecule has 2 N–H and O–H groups in total. The number of aromatic nitrogens is 2. The van der Waals surface area contributed by atoms with Gasteiger partial charge in [0.25, 0.3) is 0 Å². The van der Waals surface area contributed by atoms with Crippen molar-refractivity contribution in [3.05, 3.63) is 11.7 Å². The Labute approximate surface area is 120 Å². The van der Waals surface area contributed by atoms with E-state index >= 15 is 0 Å². The van der Waals surface area contributed by atoms with Crippen molar-refractivity contribution in [2.24, 2.45) is 11.7 Å². The lowest BCUT2D eigenvalue weighted by Gasteiger charge is -2.29. The van der Waals surface area contributed by atoms with E-state index in [0.717, 1.165) is 24.6 Å². The summed E-state index contributed by atoms with van der Waals surface area (Å²) in [6.45, 7) is 3.62. The van der Waals surface area contributed by atoms with Crippen LogP contribution in [0.25, 0.3) is 0 Å². The van der Waals surface area contributed by atoms with Crippen LogP contribution in [0.3, 0.4) is 0 Å². The van der Waals surface area contributed by atoms with Crippen LogP contribution in [0.5, 0.6) is 0 Å². The Balaban J connectivity index is 1.73. The summed E-state index contributed by atoms with van der Waals surface area (Å²) < 4.78 is 10.9. The molecule has 0 radical (unpaired) electrons. The lowest BCUT2D eigenvalue weighted by atomic mass is 9.80. The van der Waals surface area contributed by atoms with Crippen LogP contribution in [0.2, 0.25) is 0 Å². The van der Waals surface area contributed by atoms with E-state index in [9.17, 15) is 0 Å². The molecule has 0 amide bonds. The summed E-state index contributed by atoms with van der Waals surface area (Å²) in [5, 5.41) is 4.22. The van der Waals surface area contributed by atoms with Gasteiger partial charge in [-0.25, -0.2) is 0 Å². The van der Waals surface area contributed by atoms with Crippen LogP contribution in [-0.4, -0.2) is 23.4 Å². The van der Waals surface area contributed by atoms with Gasteiger partial charge in [-0.15, -0.1) is 0 Å². The highest BCUT2D eigenvalue weighted by atomic mass is 16.5. The van der Waals surface area contributed by atoms with E-state index in [2.05, 4.69) is 17.1 Å². The lowest BCUT2D eigenvalue weighted by molar-refractivity contribution is 0.0400. The molecule has 1 aromatic heterocycles. The standard InChI is InChI=1S/C15H25N3O2/c1-2-11-4-3-5-12(10-11)13-17-14(20-18-13)15(16)6-8-19-9-7-15/h11-12H,2-10,16H2,1H3. The Kier molecular flexibility index (Phi) is 4.08. The topological polar surface area (TPSA) is 74.2 Å². The molecular weight excluding hydrogens is 254 g/mol. The fourth-order valence-corrected chi connectivity index (χ4v) is 3.45. The van der Waals surface area contributed by atoms with Crippen LogP contribution in [0.15, 0.2) is 4.52 Å². The first-order chi connectivity index (χ1) is 9.71. The Morgan fingerprint density at radius 2 is 2.10 bits per heavy atom. The summed E-state index contributed by atoms with van der Waals surface area (Å²) in [4.78, 5) is 4.64. The maximum atomic E-state index is 6.40. The van der Waals surface area contributed by atoms with E-state index in [1.165, 1.54) is 32.1 Å². The van der Waals surface area contributed by atoms with Gasteiger partial charge in [0.1, 0.15) is 5.54 Å². The molecule has 20 heavy (non-hydrogen) atoms. The second kappa shape index (κ2) is 5.82. The Morgan fingerprint density at radius 3 is 2.85 bits per heavy atom. The molecule has 2 heterocycles. The van der Waals surface area contributed by atoms with Gasteiger partial charge in [-0.2, -0.15) is 4.98 Å². The molecule has 0 bridgehead atoms. The van der Waals surface area contributed by atoms with E-state index in [-0.39, 0.29) is 0 Å². The van der Waals surface area contributed by atoms with E-state index in [4.69, 9.17) is 15.0 Å². The third-order valence-corrected chi connectivity index (χ3v) is 4.98. The van der Waals surface area contributed by atoms with Gasteiger partial charge < -0.3 is 15.0 Å². The maximum absolute atomic E-state index is 6.40. The Bertz CT molecular complexity index is 440. The Morgan fingerprint density at radius 1 is 1.30 bits per heavy atom. The van der Waals surface area contributed by atoms with Crippen molar-refractivity contribution in [2.45, 2.75) is 63.3 Å². The summed E-state index contributed by atoms with van der Waals surface area (Å²) in [6.07, 6.45) is 7.75. The van der Waals surface area contributed by atoms with Gasteiger partial charge in [0, 0.05) is 19.1 Å². The molecule has 0 aromatic carbocycles. The summed E-state index contributed by atoms with van der Waals surface area (Å²) >= 11 is 0. The first-order valence-corrected chi connectivity index (χ1v) is 7.92. The smallest absolute Gasteiger partial charge is 0.246 e. The summed E-state index contributed by atoms with van der Waals surface area (Å²) in [6, 6.07) is 0. The van der Waals surface area contributed by atoms with Gasteiger partial charge in [0.2, 0.25) is 5.89 Å². The molecule has 5 heteroatoms. The number of hydrogen-bond donors (Lipinski definition) is 1. The molecule has 5 nitrogen and oxygen atoms in total. The fourth-order valence-electron chi connectivity index (χ4n) is 3.45. The highest BCUT2D eigenvalue weighted by Crippen LogP contribution is 2.37. The average Bonchev–Trinajstić information content (AvgIpc) is 2.99. The van der Waals surface area contributed by atoms with Crippen molar-refractivity contribution < 1.29 is 9.26 Å². The largest absolute Gasteiger partial charge is 0.381 e.